The van der Waals surface area contributed by atoms with Gasteiger partial charge >= 0.3 is 0 Å². The zero-order chi connectivity index (χ0) is 12.3. The number of rotatable bonds is 3. The minimum absolute atomic E-state index is 0.0501. The van der Waals surface area contributed by atoms with Crippen LogP contribution in [0.2, 0.25) is 0 Å². The van der Waals surface area contributed by atoms with Crippen molar-refractivity contribution < 1.29 is 9.90 Å². The molecule has 0 bridgehead atoms. The van der Waals surface area contributed by atoms with Crippen molar-refractivity contribution in [3.63, 3.8) is 0 Å². The topological polar surface area (TPSA) is 52.6 Å². The molecule has 1 aliphatic heterocycles. The maximum Gasteiger partial charge on any atom is 0.239 e. The molecule has 2 rings (SSSR count). The van der Waals surface area contributed by atoms with Crippen LogP contribution in [0.4, 0.5) is 0 Å². The molecule has 17 heavy (non-hydrogen) atoms. The third kappa shape index (κ3) is 2.77. The van der Waals surface area contributed by atoms with Gasteiger partial charge < -0.3 is 15.3 Å². The summed E-state index contributed by atoms with van der Waals surface area (Å²) in [5.41, 5.74) is 0.779. The van der Waals surface area contributed by atoms with Crippen molar-refractivity contribution >= 4 is 5.91 Å². The van der Waals surface area contributed by atoms with Crippen LogP contribution in [0.5, 0.6) is 5.75 Å². The molecule has 1 saturated heterocycles. The molecular formula is C13H18N2O2. The molecule has 1 atom stereocenters. The average Bonchev–Trinajstić information content (AvgIpc) is 2.84. The molecule has 1 aliphatic rings. The van der Waals surface area contributed by atoms with E-state index in [2.05, 4.69) is 5.32 Å². The van der Waals surface area contributed by atoms with E-state index in [1.54, 1.807) is 24.1 Å². The van der Waals surface area contributed by atoms with Gasteiger partial charge in [0.05, 0.1) is 6.04 Å². The predicted molar refractivity (Wildman–Crippen MR) is 65.6 cm³/mol. The van der Waals surface area contributed by atoms with Gasteiger partial charge in [-0.25, -0.2) is 0 Å². The maximum absolute atomic E-state index is 12.0. The Balaban J connectivity index is 1.99. The fourth-order valence-electron chi connectivity index (χ4n) is 2.14. The third-order valence-electron chi connectivity index (χ3n) is 3.13. The van der Waals surface area contributed by atoms with Crippen molar-refractivity contribution in [1.29, 1.82) is 0 Å². The quantitative estimate of drug-likeness (QED) is 0.823. The smallest absolute Gasteiger partial charge is 0.239 e. The molecule has 1 aromatic carbocycles. The van der Waals surface area contributed by atoms with Crippen LogP contribution in [-0.2, 0) is 11.3 Å². The summed E-state index contributed by atoms with van der Waals surface area (Å²) in [5.74, 6) is 0.345. The van der Waals surface area contributed by atoms with Crippen LogP contribution in [0, 0.1) is 0 Å². The first-order valence-electron chi connectivity index (χ1n) is 5.93. The Morgan fingerprint density at radius 2 is 2.29 bits per heavy atom. The Bertz CT molecular complexity index is 400. The third-order valence-corrected chi connectivity index (χ3v) is 3.13. The van der Waals surface area contributed by atoms with E-state index in [4.69, 9.17) is 0 Å². The Hall–Kier alpha value is -1.55. The Kier molecular flexibility index (Phi) is 3.64. The normalized spacial score (nSPS) is 19.2. The number of nitrogens with zero attached hydrogens (tertiary/aromatic N) is 1. The molecule has 4 nitrogen and oxygen atoms in total. The second-order valence-corrected chi connectivity index (χ2v) is 4.47. The molecule has 0 spiro atoms. The first kappa shape index (κ1) is 11.9. The van der Waals surface area contributed by atoms with Gasteiger partial charge in [0.15, 0.2) is 0 Å². The first-order valence-corrected chi connectivity index (χ1v) is 5.93. The van der Waals surface area contributed by atoms with Crippen LogP contribution in [-0.4, -0.2) is 35.5 Å². The monoisotopic (exact) mass is 234 g/mol. The van der Waals surface area contributed by atoms with Gasteiger partial charge in [0.1, 0.15) is 5.75 Å². The van der Waals surface area contributed by atoms with Gasteiger partial charge in [-0.2, -0.15) is 0 Å². The standard InChI is InChI=1S/C13H18N2O2/c1-15(13(17)11-6-4-8-14-11)9-10-5-2-3-7-12(10)16/h2-3,5,7,11,14,16H,4,6,8-9H2,1H3. The van der Waals surface area contributed by atoms with Gasteiger partial charge in [0, 0.05) is 19.2 Å². The van der Waals surface area contributed by atoms with Crippen LogP contribution < -0.4 is 5.32 Å². The summed E-state index contributed by atoms with van der Waals surface area (Å²) in [7, 11) is 1.77. The van der Waals surface area contributed by atoms with E-state index in [0.29, 0.717) is 6.54 Å². The van der Waals surface area contributed by atoms with Crippen molar-refractivity contribution in [2.24, 2.45) is 0 Å². The number of phenolic OH excluding ortho intramolecular Hbond substituents is 1. The predicted octanol–water partition coefficient (Wildman–Crippen LogP) is 1.10. The first-order chi connectivity index (χ1) is 8.18. The van der Waals surface area contributed by atoms with Gasteiger partial charge in [-0.05, 0) is 25.5 Å². The number of benzene rings is 1. The molecule has 0 radical (unpaired) electrons. The van der Waals surface area contributed by atoms with Crippen LogP contribution in [0.1, 0.15) is 18.4 Å². The average molecular weight is 234 g/mol. The van der Waals surface area contributed by atoms with Crippen LogP contribution in [0.25, 0.3) is 0 Å². The molecule has 0 aliphatic carbocycles. The maximum atomic E-state index is 12.0. The molecular weight excluding hydrogens is 216 g/mol. The minimum atomic E-state index is -0.0501. The second-order valence-electron chi connectivity index (χ2n) is 4.47. The van der Waals surface area contributed by atoms with E-state index < -0.39 is 0 Å². The summed E-state index contributed by atoms with van der Waals surface area (Å²) in [6.07, 6.45) is 1.96. The van der Waals surface area contributed by atoms with Crippen LogP contribution >= 0.6 is 0 Å². The Morgan fingerprint density at radius 3 is 2.94 bits per heavy atom. The van der Waals surface area contributed by atoms with E-state index in [1.165, 1.54) is 0 Å². The molecule has 92 valence electrons. The van der Waals surface area contributed by atoms with Crippen LogP contribution in [0.3, 0.4) is 0 Å². The lowest BCUT2D eigenvalue weighted by molar-refractivity contribution is -0.132. The van der Waals surface area contributed by atoms with Crippen molar-refractivity contribution in [2.45, 2.75) is 25.4 Å². The Labute approximate surface area is 101 Å². The number of carbonyl (C=O) groups is 1. The SMILES string of the molecule is CN(Cc1ccccc1O)C(=O)C1CCCN1. The van der Waals surface area contributed by atoms with E-state index >= 15 is 0 Å². The van der Waals surface area contributed by atoms with Crippen molar-refractivity contribution in [3.05, 3.63) is 29.8 Å². The summed E-state index contributed by atoms with van der Waals surface area (Å²) in [4.78, 5) is 13.7. The Morgan fingerprint density at radius 1 is 1.53 bits per heavy atom. The lowest BCUT2D eigenvalue weighted by atomic mass is 10.1. The van der Waals surface area contributed by atoms with E-state index in [9.17, 15) is 9.90 Å². The molecule has 1 amide bonds. The summed E-state index contributed by atoms with van der Waals surface area (Å²) in [5, 5.41) is 12.8. The minimum Gasteiger partial charge on any atom is -0.508 e. The number of hydrogen-bond acceptors (Lipinski definition) is 3. The molecule has 1 heterocycles. The number of para-hydroxylation sites is 1. The van der Waals surface area contributed by atoms with Crippen molar-refractivity contribution in [2.75, 3.05) is 13.6 Å². The van der Waals surface area contributed by atoms with Gasteiger partial charge in [-0.15, -0.1) is 0 Å². The molecule has 1 aromatic rings. The van der Waals surface area contributed by atoms with Crippen molar-refractivity contribution in [3.8, 4) is 5.75 Å². The van der Waals surface area contributed by atoms with Crippen LogP contribution in [0.15, 0.2) is 24.3 Å². The number of aromatic hydroxyl groups is 1. The molecule has 1 unspecified atom stereocenters. The number of nitrogens with one attached hydrogen (secondary N) is 1. The zero-order valence-corrected chi connectivity index (χ0v) is 10.0. The number of hydrogen-bond donors (Lipinski definition) is 2. The highest BCUT2D eigenvalue weighted by Crippen LogP contribution is 2.18. The van der Waals surface area contributed by atoms with Gasteiger partial charge in [0.2, 0.25) is 5.91 Å². The largest absolute Gasteiger partial charge is 0.508 e. The summed E-state index contributed by atoms with van der Waals surface area (Å²) >= 11 is 0. The molecule has 4 heteroatoms. The summed E-state index contributed by atoms with van der Waals surface area (Å²) < 4.78 is 0. The highest BCUT2D eigenvalue weighted by Gasteiger charge is 2.25. The van der Waals surface area contributed by atoms with E-state index in [0.717, 1.165) is 24.9 Å². The van der Waals surface area contributed by atoms with Gasteiger partial charge in [0.25, 0.3) is 0 Å². The molecule has 2 N–H and O–H groups in total. The van der Waals surface area contributed by atoms with E-state index in [-0.39, 0.29) is 17.7 Å². The van der Waals surface area contributed by atoms with Crippen molar-refractivity contribution in [1.82, 2.24) is 10.2 Å². The van der Waals surface area contributed by atoms with E-state index in [1.807, 2.05) is 12.1 Å². The van der Waals surface area contributed by atoms with Gasteiger partial charge in [-0.1, -0.05) is 18.2 Å². The second kappa shape index (κ2) is 5.19. The fraction of sp³-hybridized carbons (Fsp3) is 0.462. The number of likely N-dealkylation sites (N-methyl/N-ethyl adjacent to an activating group) is 1. The molecule has 1 fully saturated rings. The fourth-order valence-corrected chi connectivity index (χ4v) is 2.14. The molecule has 0 aromatic heterocycles. The lowest BCUT2D eigenvalue weighted by Crippen LogP contribution is -2.41. The lowest BCUT2D eigenvalue weighted by Gasteiger charge is -2.21. The highest BCUT2D eigenvalue weighted by atomic mass is 16.3. The summed E-state index contributed by atoms with van der Waals surface area (Å²) in [6, 6.07) is 7.06. The molecule has 0 saturated carbocycles. The van der Waals surface area contributed by atoms with Gasteiger partial charge in [-0.3, -0.25) is 4.79 Å². The summed E-state index contributed by atoms with van der Waals surface area (Å²) in [6.45, 7) is 1.37. The number of amides is 1. The number of carbonyl (C=O) groups excluding carboxylic acids is 1. The zero-order valence-electron chi connectivity index (χ0n) is 10.0. The highest BCUT2D eigenvalue weighted by molar-refractivity contribution is 5.82. The number of phenols is 1.